The van der Waals surface area contributed by atoms with Crippen LogP contribution in [0.25, 0.3) is 0 Å². The summed E-state index contributed by atoms with van der Waals surface area (Å²) < 4.78 is 14.2. The zero-order valence-electron chi connectivity index (χ0n) is 10.7. The van der Waals surface area contributed by atoms with Gasteiger partial charge in [-0.2, -0.15) is 0 Å². The Morgan fingerprint density at radius 1 is 1.30 bits per heavy atom. The summed E-state index contributed by atoms with van der Waals surface area (Å²) in [6, 6.07) is 8.72. The fourth-order valence-electron chi connectivity index (χ4n) is 1.73. The molecule has 3 N–H and O–H groups in total. The van der Waals surface area contributed by atoms with Gasteiger partial charge in [0.1, 0.15) is 12.4 Å². The average Bonchev–Trinajstić information content (AvgIpc) is 2.41. The van der Waals surface area contributed by atoms with E-state index in [0.717, 1.165) is 0 Å². The number of benzene rings is 1. The van der Waals surface area contributed by atoms with Gasteiger partial charge in [0.25, 0.3) is 5.56 Å². The van der Waals surface area contributed by atoms with Crippen molar-refractivity contribution in [3.05, 3.63) is 64.3 Å². The molecule has 0 fully saturated rings. The number of carbonyl (C=O) groups is 1. The highest BCUT2D eigenvalue weighted by Crippen LogP contribution is 2.02. The van der Waals surface area contributed by atoms with Crippen LogP contribution in [-0.2, 0) is 17.9 Å². The van der Waals surface area contributed by atoms with Crippen LogP contribution in [0, 0.1) is 5.82 Å². The quantitative estimate of drug-likeness (QED) is 0.869. The molecule has 0 aliphatic carbocycles. The van der Waals surface area contributed by atoms with Gasteiger partial charge in [0.2, 0.25) is 5.91 Å². The Morgan fingerprint density at radius 2 is 2.10 bits per heavy atom. The van der Waals surface area contributed by atoms with Gasteiger partial charge in [0.05, 0.1) is 0 Å². The summed E-state index contributed by atoms with van der Waals surface area (Å²) in [5, 5.41) is 2.62. The van der Waals surface area contributed by atoms with Crippen molar-refractivity contribution < 1.29 is 9.18 Å². The van der Waals surface area contributed by atoms with Gasteiger partial charge in [-0.15, -0.1) is 0 Å². The summed E-state index contributed by atoms with van der Waals surface area (Å²) in [5.74, 6) is -0.703. The van der Waals surface area contributed by atoms with E-state index in [-0.39, 0.29) is 30.4 Å². The maximum Gasteiger partial charge on any atom is 0.251 e. The molecule has 0 aliphatic heterocycles. The monoisotopic (exact) mass is 275 g/mol. The van der Waals surface area contributed by atoms with E-state index in [1.54, 1.807) is 12.1 Å². The minimum Gasteiger partial charge on any atom is -0.398 e. The van der Waals surface area contributed by atoms with E-state index in [9.17, 15) is 14.0 Å². The molecule has 0 spiro atoms. The maximum absolute atomic E-state index is 13.0. The molecule has 0 saturated carbocycles. The van der Waals surface area contributed by atoms with Crippen LogP contribution < -0.4 is 16.6 Å². The molecule has 0 saturated heterocycles. The van der Waals surface area contributed by atoms with Gasteiger partial charge in [-0.05, 0) is 23.8 Å². The number of hydrogen-bond donors (Lipinski definition) is 2. The van der Waals surface area contributed by atoms with Crippen LogP contribution in [0.4, 0.5) is 10.1 Å². The summed E-state index contributed by atoms with van der Waals surface area (Å²) in [5.41, 5.74) is 6.30. The molecule has 0 atom stereocenters. The van der Waals surface area contributed by atoms with Crippen molar-refractivity contribution in [2.45, 2.75) is 13.1 Å². The van der Waals surface area contributed by atoms with Crippen molar-refractivity contribution in [2.24, 2.45) is 0 Å². The maximum atomic E-state index is 13.0. The van der Waals surface area contributed by atoms with Gasteiger partial charge in [-0.1, -0.05) is 12.1 Å². The first-order valence-electron chi connectivity index (χ1n) is 6.02. The molecule has 1 aromatic heterocycles. The molecule has 1 amide bonds. The fraction of sp³-hybridized carbons (Fsp3) is 0.143. The normalized spacial score (nSPS) is 10.2. The third-order valence-corrected chi connectivity index (χ3v) is 2.70. The minimum absolute atomic E-state index is 0.126. The van der Waals surface area contributed by atoms with E-state index in [1.807, 2.05) is 0 Å². The Hall–Kier alpha value is -2.63. The largest absolute Gasteiger partial charge is 0.398 e. The van der Waals surface area contributed by atoms with Crippen molar-refractivity contribution in [3.63, 3.8) is 0 Å². The molecular formula is C14H14FN3O2. The molecule has 5 nitrogen and oxygen atoms in total. The molecule has 0 bridgehead atoms. The zero-order chi connectivity index (χ0) is 14.5. The first-order valence-corrected chi connectivity index (χ1v) is 6.02. The third kappa shape index (κ3) is 3.68. The highest BCUT2D eigenvalue weighted by atomic mass is 19.1. The molecule has 104 valence electrons. The molecule has 6 heteroatoms. The SMILES string of the molecule is Nc1ccc(=O)n(CC(=O)NCc2cccc(F)c2)c1. The number of carbonyl (C=O) groups excluding carboxylic acids is 1. The van der Waals surface area contributed by atoms with Crippen LogP contribution in [-0.4, -0.2) is 10.5 Å². The van der Waals surface area contributed by atoms with Gasteiger partial charge >= 0.3 is 0 Å². The summed E-state index contributed by atoms with van der Waals surface area (Å²) in [7, 11) is 0. The highest BCUT2D eigenvalue weighted by molar-refractivity contribution is 5.75. The number of nitrogens with zero attached hydrogens (tertiary/aromatic N) is 1. The Kier molecular flexibility index (Phi) is 4.14. The van der Waals surface area contributed by atoms with E-state index < -0.39 is 0 Å². The molecule has 1 heterocycles. The number of nitrogen functional groups attached to an aromatic ring is 1. The number of nitrogens with two attached hydrogens (primary N) is 1. The van der Waals surface area contributed by atoms with Crippen LogP contribution in [0.15, 0.2) is 47.4 Å². The first-order chi connectivity index (χ1) is 9.54. The lowest BCUT2D eigenvalue weighted by atomic mass is 10.2. The Bertz CT molecular complexity index is 682. The molecule has 2 aromatic rings. The van der Waals surface area contributed by atoms with Crippen molar-refractivity contribution in [1.29, 1.82) is 0 Å². The second kappa shape index (κ2) is 6.01. The van der Waals surface area contributed by atoms with E-state index in [1.165, 1.54) is 35.0 Å². The van der Waals surface area contributed by atoms with Crippen molar-refractivity contribution in [3.8, 4) is 0 Å². The number of nitrogens with one attached hydrogen (secondary N) is 1. The van der Waals surface area contributed by atoms with Crippen molar-refractivity contribution in [1.82, 2.24) is 9.88 Å². The van der Waals surface area contributed by atoms with Crippen LogP contribution in [0.1, 0.15) is 5.56 Å². The molecule has 0 unspecified atom stereocenters. The number of rotatable bonds is 4. The lowest BCUT2D eigenvalue weighted by Crippen LogP contribution is -2.31. The molecule has 2 rings (SSSR count). The Labute approximate surface area is 114 Å². The van der Waals surface area contributed by atoms with Gasteiger partial charge in [0, 0.05) is 24.5 Å². The molecule has 20 heavy (non-hydrogen) atoms. The Morgan fingerprint density at radius 3 is 2.85 bits per heavy atom. The van der Waals surface area contributed by atoms with E-state index in [0.29, 0.717) is 11.3 Å². The van der Waals surface area contributed by atoms with Crippen LogP contribution in [0.3, 0.4) is 0 Å². The summed E-state index contributed by atoms with van der Waals surface area (Å²) in [6.45, 7) is 0.0762. The van der Waals surface area contributed by atoms with Crippen LogP contribution in [0.2, 0.25) is 0 Å². The smallest absolute Gasteiger partial charge is 0.251 e. The lowest BCUT2D eigenvalue weighted by molar-refractivity contribution is -0.121. The second-order valence-electron chi connectivity index (χ2n) is 4.34. The van der Waals surface area contributed by atoms with Gasteiger partial charge < -0.3 is 15.6 Å². The number of pyridine rings is 1. The third-order valence-electron chi connectivity index (χ3n) is 2.70. The topological polar surface area (TPSA) is 77.1 Å². The molecule has 0 radical (unpaired) electrons. The molecule has 0 aliphatic rings. The standard InChI is InChI=1S/C14H14FN3O2/c15-11-3-1-2-10(6-11)7-17-13(19)9-18-8-12(16)4-5-14(18)20/h1-6,8H,7,9,16H2,(H,17,19). The van der Waals surface area contributed by atoms with Crippen molar-refractivity contribution >= 4 is 11.6 Å². The van der Waals surface area contributed by atoms with Crippen LogP contribution >= 0.6 is 0 Å². The van der Waals surface area contributed by atoms with E-state index in [2.05, 4.69) is 5.32 Å². The lowest BCUT2D eigenvalue weighted by Gasteiger charge is -2.08. The number of anilines is 1. The van der Waals surface area contributed by atoms with E-state index in [4.69, 9.17) is 5.73 Å². The number of halogens is 1. The second-order valence-corrected chi connectivity index (χ2v) is 4.34. The van der Waals surface area contributed by atoms with E-state index >= 15 is 0 Å². The predicted molar refractivity (Wildman–Crippen MR) is 73.4 cm³/mol. The van der Waals surface area contributed by atoms with Gasteiger partial charge in [-0.3, -0.25) is 9.59 Å². The Balaban J connectivity index is 1.96. The number of aromatic nitrogens is 1. The predicted octanol–water partition coefficient (Wildman–Crippen LogP) is 0.886. The van der Waals surface area contributed by atoms with Gasteiger partial charge in [-0.25, -0.2) is 4.39 Å². The van der Waals surface area contributed by atoms with Crippen molar-refractivity contribution in [2.75, 3.05) is 5.73 Å². The van der Waals surface area contributed by atoms with Gasteiger partial charge in [0.15, 0.2) is 0 Å². The summed E-state index contributed by atoms with van der Waals surface area (Å²) in [6.07, 6.45) is 1.41. The highest BCUT2D eigenvalue weighted by Gasteiger charge is 2.05. The number of hydrogen-bond acceptors (Lipinski definition) is 3. The molecule has 1 aromatic carbocycles. The summed E-state index contributed by atoms with van der Waals surface area (Å²) in [4.78, 5) is 23.2. The number of amides is 1. The molecular weight excluding hydrogens is 261 g/mol. The average molecular weight is 275 g/mol. The summed E-state index contributed by atoms with van der Waals surface area (Å²) >= 11 is 0. The fourth-order valence-corrected chi connectivity index (χ4v) is 1.73. The first kappa shape index (κ1) is 13.8. The zero-order valence-corrected chi connectivity index (χ0v) is 10.7. The van der Waals surface area contributed by atoms with Crippen LogP contribution in [0.5, 0.6) is 0 Å². The minimum atomic E-state index is -0.358.